The molecule has 0 fully saturated rings. The van der Waals surface area contributed by atoms with E-state index < -0.39 is 0 Å². The van der Waals surface area contributed by atoms with E-state index in [1.165, 1.54) is 11.1 Å². The van der Waals surface area contributed by atoms with Crippen LogP contribution in [0.15, 0.2) is 97.6 Å². The maximum Gasteiger partial charge on any atom is 0.227 e. The minimum atomic E-state index is 0.0694. The van der Waals surface area contributed by atoms with Crippen molar-refractivity contribution in [1.82, 2.24) is 0 Å². The summed E-state index contributed by atoms with van der Waals surface area (Å²) in [4.78, 5) is 25.1. The van der Waals surface area contributed by atoms with E-state index in [0.29, 0.717) is 24.2 Å². The molecule has 0 unspecified atom stereocenters. The van der Waals surface area contributed by atoms with Crippen molar-refractivity contribution in [2.45, 2.75) is 26.9 Å². The first kappa shape index (κ1) is 21.3. The van der Waals surface area contributed by atoms with Crippen LogP contribution in [0, 0.1) is 13.8 Å². The molecule has 0 bridgehead atoms. The molecule has 4 nitrogen and oxygen atoms in total. The Kier molecular flexibility index (Phi) is 6.31. The lowest BCUT2D eigenvalue weighted by molar-refractivity contribution is -0.683. The molecule has 0 amide bonds. The second-order valence-corrected chi connectivity index (χ2v) is 8.10. The average Bonchev–Trinajstić information content (AvgIpc) is 2.82. The van der Waals surface area contributed by atoms with Crippen LogP contribution in [0.4, 0.5) is 0 Å². The zero-order valence-corrected chi connectivity index (χ0v) is 18.4. The molecule has 4 rings (SSSR count). The topological polar surface area (TPSA) is 41.9 Å². The Balaban J connectivity index is 1.41. The van der Waals surface area contributed by atoms with Gasteiger partial charge in [0, 0.05) is 35.4 Å². The summed E-state index contributed by atoms with van der Waals surface area (Å²) in [7, 11) is 0. The number of ketones is 2. The van der Waals surface area contributed by atoms with Crippen molar-refractivity contribution in [3.63, 3.8) is 0 Å². The first-order chi connectivity index (χ1) is 15.5. The van der Waals surface area contributed by atoms with Gasteiger partial charge in [0.2, 0.25) is 24.7 Å². The molecular formula is C28H26N2O2+2. The molecule has 2 aromatic heterocycles. The van der Waals surface area contributed by atoms with E-state index in [1.54, 1.807) is 0 Å². The summed E-state index contributed by atoms with van der Waals surface area (Å²) in [6.45, 7) is 4.68. The van der Waals surface area contributed by atoms with Gasteiger partial charge in [-0.1, -0.05) is 48.5 Å². The van der Waals surface area contributed by atoms with Crippen molar-refractivity contribution in [3.05, 3.63) is 120 Å². The molecule has 4 aromatic rings. The molecule has 0 radical (unpaired) electrons. The number of hydrogen-bond donors (Lipinski definition) is 0. The number of carbonyl (C=O) groups excluding carboxylic acids is 2. The molecule has 32 heavy (non-hydrogen) atoms. The average molecular weight is 423 g/mol. The summed E-state index contributed by atoms with van der Waals surface area (Å²) in [6, 6.07) is 23.2. The monoisotopic (exact) mass is 422 g/mol. The lowest BCUT2D eigenvalue weighted by atomic mass is 10.00. The lowest BCUT2D eigenvalue weighted by Gasteiger charge is -2.05. The summed E-state index contributed by atoms with van der Waals surface area (Å²) in [6.07, 6.45) is 7.67. The predicted molar refractivity (Wildman–Crippen MR) is 123 cm³/mol. The maximum atomic E-state index is 12.6. The Hall–Kier alpha value is -3.92. The summed E-state index contributed by atoms with van der Waals surface area (Å²) >= 11 is 0. The molecule has 158 valence electrons. The summed E-state index contributed by atoms with van der Waals surface area (Å²) < 4.78 is 3.77. The highest BCUT2D eigenvalue weighted by Crippen LogP contribution is 2.21. The van der Waals surface area contributed by atoms with E-state index in [2.05, 4.69) is 0 Å². The van der Waals surface area contributed by atoms with Crippen molar-refractivity contribution in [1.29, 1.82) is 0 Å². The molecule has 2 aromatic carbocycles. The number of aromatic nitrogens is 2. The maximum absolute atomic E-state index is 12.6. The van der Waals surface area contributed by atoms with Crippen molar-refractivity contribution in [2.24, 2.45) is 0 Å². The zero-order valence-electron chi connectivity index (χ0n) is 18.4. The highest BCUT2D eigenvalue weighted by Gasteiger charge is 2.14. The van der Waals surface area contributed by atoms with Crippen LogP contribution in [0.5, 0.6) is 0 Å². The first-order valence-corrected chi connectivity index (χ1v) is 10.7. The number of rotatable bonds is 7. The Morgan fingerprint density at radius 3 is 1.16 bits per heavy atom. The van der Waals surface area contributed by atoms with Gasteiger partial charge in [-0.3, -0.25) is 9.59 Å². The van der Waals surface area contributed by atoms with Crippen LogP contribution in [0.1, 0.15) is 31.8 Å². The minimum absolute atomic E-state index is 0.0694. The molecule has 0 spiro atoms. The highest BCUT2D eigenvalue weighted by atomic mass is 16.1. The van der Waals surface area contributed by atoms with Gasteiger partial charge in [-0.2, -0.15) is 9.13 Å². The largest absolute Gasteiger partial charge is 0.287 e. The van der Waals surface area contributed by atoms with Gasteiger partial charge >= 0.3 is 0 Å². The van der Waals surface area contributed by atoms with Gasteiger partial charge in [-0.05, 0) is 36.1 Å². The van der Waals surface area contributed by atoms with Crippen molar-refractivity contribution < 1.29 is 18.7 Å². The van der Waals surface area contributed by atoms with Gasteiger partial charge < -0.3 is 0 Å². The fraction of sp³-hybridized carbons (Fsp3) is 0.143. The van der Waals surface area contributed by atoms with E-state index in [9.17, 15) is 9.59 Å². The molecule has 4 heteroatoms. The highest BCUT2D eigenvalue weighted by molar-refractivity contribution is 5.96. The Morgan fingerprint density at radius 2 is 0.844 bits per heavy atom. The number of aryl methyl sites for hydroxylation is 2. The van der Waals surface area contributed by atoms with Gasteiger partial charge in [0.05, 0.1) is 0 Å². The quantitative estimate of drug-likeness (QED) is 0.329. The molecule has 0 aliphatic heterocycles. The smallest absolute Gasteiger partial charge is 0.227 e. The SMILES string of the molecule is Cc1cc[n+](CC(=O)c2ccc(-c3ccc(C(=O)C[n+]4ccc(C)cc4)cc3)cc2)cc1. The van der Waals surface area contributed by atoms with Gasteiger partial charge in [0.1, 0.15) is 0 Å². The van der Waals surface area contributed by atoms with E-state index in [4.69, 9.17) is 0 Å². The Bertz CT molecular complexity index is 1120. The molecule has 0 N–H and O–H groups in total. The Labute approximate surface area is 188 Å². The van der Waals surface area contributed by atoms with Crippen LogP contribution >= 0.6 is 0 Å². The van der Waals surface area contributed by atoms with Gasteiger partial charge in [-0.25, -0.2) is 0 Å². The second-order valence-electron chi connectivity index (χ2n) is 8.10. The third-order valence-electron chi connectivity index (χ3n) is 5.52. The fourth-order valence-corrected chi connectivity index (χ4v) is 3.49. The Morgan fingerprint density at radius 1 is 0.531 bits per heavy atom. The second kappa shape index (κ2) is 9.48. The van der Waals surface area contributed by atoms with Crippen LogP contribution in [0.25, 0.3) is 11.1 Å². The summed E-state index contributed by atoms with van der Waals surface area (Å²) in [5.41, 5.74) is 5.72. The van der Waals surface area contributed by atoms with Crippen LogP contribution in [-0.4, -0.2) is 11.6 Å². The number of hydrogen-bond acceptors (Lipinski definition) is 2. The van der Waals surface area contributed by atoms with Crippen LogP contribution in [0.3, 0.4) is 0 Å². The van der Waals surface area contributed by atoms with Crippen molar-refractivity contribution >= 4 is 11.6 Å². The van der Waals surface area contributed by atoms with E-state index in [1.807, 2.05) is 121 Å². The zero-order chi connectivity index (χ0) is 22.5. The van der Waals surface area contributed by atoms with Crippen molar-refractivity contribution in [3.8, 4) is 11.1 Å². The number of nitrogens with zero attached hydrogens (tertiary/aromatic N) is 2. The number of benzene rings is 2. The minimum Gasteiger partial charge on any atom is -0.287 e. The molecule has 0 aliphatic rings. The third-order valence-corrected chi connectivity index (χ3v) is 5.52. The third kappa shape index (κ3) is 5.22. The first-order valence-electron chi connectivity index (χ1n) is 10.7. The predicted octanol–water partition coefficient (Wildman–Crippen LogP) is 4.31. The molecule has 0 saturated carbocycles. The molecular weight excluding hydrogens is 396 g/mol. The van der Waals surface area contributed by atoms with E-state index in [0.717, 1.165) is 11.1 Å². The molecule has 0 atom stereocenters. The molecule has 0 aliphatic carbocycles. The number of carbonyl (C=O) groups is 2. The van der Waals surface area contributed by atoms with Gasteiger partial charge in [0.25, 0.3) is 0 Å². The van der Waals surface area contributed by atoms with Gasteiger partial charge in [-0.15, -0.1) is 0 Å². The summed E-state index contributed by atoms with van der Waals surface area (Å²) in [5.74, 6) is 0.139. The van der Waals surface area contributed by atoms with Crippen LogP contribution in [-0.2, 0) is 13.1 Å². The van der Waals surface area contributed by atoms with Crippen LogP contribution in [0.2, 0.25) is 0 Å². The van der Waals surface area contributed by atoms with Gasteiger partial charge in [0.15, 0.2) is 24.8 Å². The standard InChI is InChI=1S/C28H26N2O2/c1-21-11-15-29(16-12-21)19-27(31)25-7-3-23(4-8-25)24-5-9-26(10-6-24)28(32)20-30-17-13-22(2)14-18-30/h3-18H,19-20H2,1-2H3/q+2. The lowest BCUT2D eigenvalue weighted by Crippen LogP contribution is -2.37. The van der Waals surface area contributed by atoms with E-state index in [-0.39, 0.29) is 11.6 Å². The fourth-order valence-electron chi connectivity index (χ4n) is 3.49. The van der Waals surface area contributed by atoms with E-state index >= 15 is 0 Å². The van der Waals surface area contributed by atoms with Crippen molar-refractivity contribution in [2.75, 3.05) is 0 Å². The normalized spacial score (nSPS) is 10.7. The number of pyridine rings is 2. The van der Waals surface area contributed by atoms with Crippen LogP contribution < -0.4 is 9.13 Å². The molecule has 0 saturated heterocycles. The summed E-state index contributed by atoms with van der Waals surface area (Å²) in [5, 5.41) is 0. The number of Topliss-reactive ketones (excluding diaryl/α,β-unsaturated/α-hetero) is 2. The molecule has 2 heterocycles.